The van der Waals surface area contributed by atoms with Gasteiger partial charge >= 0.3 is 0 Å². The van der Waals surface area contributed by atoms with Crippen molar-refractivity contribution < 1.29 is 0 Å². The number of benzene rings is 2. The minimum absolute atomic E-state index is 0.161. The van der Waals surface area contributed by atoms with Crippen molar-refractivity contribution in [2.24, 2.45) is 0 Å². The molecule has 2 aliphatic rings. The average Bonchev–Trinajstić information content (AvgIpc) is 3.29. The van der Waals surface area contributed by atoms with Crippen LogP contribution in [0.5, 0.6) is 0 Å². The van der Waals surface area contributed by atoms with Crippen molar-refractivity contribution in [3.8, 4) is 0 Å². The molecule has 1 aliphatic heterocycles. The molecule has 1 saturated carbocycles. The van der Waals surface area contributed by atoms with Gasteiger partial charge < -0.3 is 15.2 Å². The van der Waals surface area contributed by atoms with Crippen LogP contribution in [-0.2, 0) is 5.54 Å². The van der Waals surface area contributed by atoms with Gasteiger partial charge in [0.05, 0.1) is 5.54 Å². The molecule has 3 aromatic rings. The highest BCUT2D eigenvalue weighted by molar-refractivity contribution is 5.86. The second-order valence-electron chi connectivity index (χ2n) is 8.17. The summed E-state index contributed by atoms with van der Waals surface area (Å²) in [5.41, 5.74) is 7.07. The van der Waals surface area contributed by atoms with Crippen molar-refractivity contribution in [2.45, 2.75) is 37.1 Å². The van der Waals surface area contributed by atoms with Gasteiger partial charge in [-0.25, -0.2) is 0 Å². The first-order chi connectivity index (χ1) is 12.7. The molecule has 1 aliphatic carbocycles. The first kappa shape index (κ1) is 16.0. The van der Waals surface area contributed by atoms with Crippen LogP contribution in [0, 0.1) is 0 Å². The summed E-state index contributed by atoms with van der Waals surface area (Å²) in [6, 6.07) is 17.9. The number of hydrogen-bond acceptors (Lipinski definition) is 2. The highest BCUT2D eigenvalue weighted by atomic mass is 15.1. The molecule has 2 aromatic carbocycles. The molecule has 26 heavy (non-hydrogen) atoms. The third kappa shape index (κ3) is 2.30. The van der Waals surface area contributed by atoms with Gasteiger partial charge in [0.15, 0.2) is 0 Å². The maximum absolute atomic E-state index is 3.96. The van der Waals surface area contributed by atoms with E-state index in [1.54, 1.807) is 0 Å². The van der Waals surface area contributed by atoms with E-state index >= 15 is 0 Å². The van der Waals surface area contributed by atoms with E-state index in [4.69, 9.17) is 0 Å². The quantitative estimate of drug-likeness (QED) is 0.703. The standard InChI is InChI=1S/C23H27N3/c1-26(2)17-11-9-16(10-12-17)19-15-24-23(13-5-6-14-23)22-21(19)18-7-3-4-8-20(18)25-22/h3-4,7-12,19,24-25H,5-6,13-15H2,1-2H3. The summed E-state index contributed by atoms with van der Waals surface area (Å²) in [6.45, 7) is 1.02. The van der Waals surface area contributed by atoms with Crippen LogP contribution in [0.3, 0.4) is 0 Å². The van der Waals surface area contributed by atoms with Crippen LogP contribution >= 0.6 is 0 Å². The third-order valence-corrected chi connectivity index (χ3v) is 6.49. The maximum Gasteiger partial charge on any atom is 0.0590 e. The Kier molecular flexibility index (Phi) is 3.61. The lowest BCUT2D eigenvalue weighted by Crippen LogP contribution is -2.47. The van der Waals surface area contributed by atoms with Crippen LogP contribution in [-0.4, -0.2) is 25.6 Å². The number of nitrogens with zero attached hydrogens (tertiary/aromatic N) is 1. The Balaban J connectivity index is 1.67. The van der Waals surface area contributed by atoms with E-state index in [-0.39, 0.29) is 5.54 Å². The zero-order valence-corrected chi connectivity index (χ0v) is 15.7. The van der Waals surface area contributed by atoms with Crippen LogP contribution in [0.1, 0.15) is 48.4 Å². The number of nitrogens with one attached hydrogen (secondary N) is 2. The molecule has 1 aromatic heterocycles. The van der Waals surface area contributed by atoms with Crippen molar-refractivity contribution in [3.05, 3.63) is 65.4 Å². The van der Waals surface area contributed by atoms with Crippen molar-refractivity contribution in [2.75, 3.05) is 25.5 Å². The number of aromatic amines is 1. The van der Waals surface area contributed by atoms with Gasteiger partial charge in [0.1, 0.15) is 0 Å². The lowest BCUT2D eigenvalue weighted by Gasteiger charge is -2.39. The van der Waals surface area contributed by atoms with Gasteiger partial charge in [-0.1, -0.05) is 43.2 Å². The Morgan fingerprint density at radius 3 is 2.42 bits per heavy atom. The van der Waals surface area contributed by atoms with Gasteiger partial charge in [-0.15, -0.1) is 0 Å². The van der Waals surface area contributed by atoms with E-state index in [1.165, 1.54) is 59.1 Å². The number of para-hydroxylation sites is 1. The fraction of sp³-hybridized carbons (Fsp3) is 0.391. The normalized spacial score (nSPS) is 21.2. The van der Waals surface area contributed by atoms with Crippen LogP contribution in [0.4, 0.5) is 5.69 Å². The van der Waals surface area contributed by atoms with Crippen molar-refractivity contribution in [1.29, 1.82) is 0 Å². The van der Waals surface area contributed by atoms with Gasteiger partial charge in [0.25, 0.3) is 0 Å². The molecule has 1 fully saturated rings. The molecular formula is C23H27N3. The van der Waals surface area contributed by atoms with Gasteiger partial charge in [-0.3, -0.25) is 0 Å². The van der Waals surface area contributed by atoms with E-state index in [0.29, 0.717) is 5.92 Å². The zero-order chi connectivity index (χ0) is 17.7. The van der Waals surface area contributed by atoms with E-state index in [0.717, 1.165) is 6.54 Å². The summed E-state index contributed by atoms with van der Waals surface area (Å²) in [4.78, 5) is 5.97. The summed E-state index contributed by atoms with van der Waals surface area (Å²) in [7, 11) is 4.19. The van der Waals surface area contributed by atoms with Gasteiger partial charge in [-0.05, 0) is 42.2 Å². The average molecular weight is 345 g/mol. The molecule has 0 bridgehead atoms. The minimum atomic E-state index is 0.161. The molecule has 0 amide bonds. The minimum Gasteiger partial charge on any atom is -0.378 e. The number of H-pyrrole nitrogens is 1. The van der Waals surface area contributed by atoms with Gasteiger partial charge in [-0.2, -0.15) is 0 Å². The first-order valence-corrected chi connectivity index (χ1v) is 9.81. The van der Waals surface area contributed by atoms with Crippen LogP contribution in [0.2, 0.25) is 0 Å². The second-order valence-corrected chi connectivity index (χ2v) is 8.17. The second kappa shape index (κ2) is 5.88. The third-order valence-electron chi connectivity index (χ3n) is 6.49. The largest absolute Gasteiger partial charge is 0.378 e. The summed E-state index contributed by atoms with van der Waals surface area (Å²) in [5, 5.41) is 5.36. The van der Waals surface area contributed by atoms with E-state index in [1.807, 2.05) is 0 Å². The molecule has 3 heteroatoms. The fourth-order valence-corrected chi connectivity index (χ4v) is 5.09. The number of hydrogen-bond donors (Lipinski definition) is 2. The molecule has 5 rings (SSSR count). The smallest absolute Gasteiger partial charge is 0.0590 e. The van der Waals surface area contributed by atoms with E-state index in [9.17, 15) is 0 Å². The van der Waals surface area contributed by atoms with Gasteiger partial charge in [0.2, 0.25) is 0 Å². The lowest BCUT2D eigenvalue weighted by molar-refractivity contribution is 0.306. The van der Waals surface area contributed by atoms with Crippen LogP contribution in [0.25, 0.3) is 10.9 Å². The molecule has 2 heterocycles. The van der Waals surface area contributed by atoms with E-state index < -0.39 is 0 Å². The summed E-state index contributed by atoms with van der Waals surface area (Å²) in [5.74, 6) is 0.406. The van der Waals surface area contributed by atoms with Gasteiger partial charge in [0, 0.05) is 48.8 Å². The lowest BCUT2D eigenvalue weighted by atomic mass is 9.78. The van der Waals surface area contributed by atoms with Crippen LogP contribution < -0.4 is 10.2 Å². The highest BCUT2D eigenvalue weighted by Crippen LogP contribution is 2.48. The van der Waals surface area contributed by atoms with Crippen molar-refractivity contribution in [1.82, 2.24) is 10.3 Å². The molecule has 1 spiro atoms. The number of anilines is 1. The topological polar surface area (TPSA) is 31.1 Å². The fourth-order valence-electron chi connectivity index (χ4n) is 5.09. The molecule has 1 unspecified atom stereocenters. The number of fused-ring (bicyclic) bond motifs is 4. The van der Waals surface area contributed by atoms with E-state index in [2.05, 4.69) is 77.8 Å². The molecule has 1 atom stereocenters. The Hall–Kier alpha value is -2.26. The molecule has 134 valence electrons. The molecular weight excluding hydrogens is 318 g/mol. The zero-order valence-electron chi connectivity index (χ0n) is 15.7. The molecule has 0 saturated heterocycles. The predicted molar refractivity (Wildman–Crippen MR) is 109 cm³/mol. The number of aromatic nitrogens is 1. The molecule has 3 nitrogen and oxygen atoms in total. The first-order valence-electron chi connectivity index (χ1n) is 9.81. The summed E-state index contributed by atoms with van der Waals surface area (Å²) in [6.07, 6.45) is 5.15. The monoisotopic (exact) mass is 345 g/mol. The maximum atomic E-state index is 3.96. The predicted octanol–water partition coefficient (Wildman–Crippen LogP) is 4.74. The molecule has 2 N–H and O–H groups in total. The Bertz CT molecular complexity index is 930. The summed E-state index contributed by atoms with van der Waals surface area (Å²) >= 11 is 0. The highest BCUT2D eigenvalue weighted by Gasteiger charge is 2.44. The Morgan fingerprint density at radius 1 is 0.962 bits per heavy atom. The van der Waals surface area contributed by atoms with Crippen molar-refractivity contribution >= 4 is 16.6 Å². The summed E-state index contributed by atoms with van der Waals surface area (Å²) < 4.78 is 0. The SMILES string of the molecule is CN(C)c1ccc(C2CNC3(CCCC3)c3[nH]c4ccccc4c32)cc1. The Morgan fingerprint density at radius 2 is 1.69 bits per heavy atom. The van der Waals surface area contributed by atoms with Crippen LogP contribution in [0.15, 0.2) is 48.5 Å². The Labute approximate surface area is 155 Å². The molecule has 0 radical (unpaired) electrons. The number of rotatable bonds is 2. The van der Waals surface area contributed by atoms with Crippen molar-refractivity contribution in [3.63, 3.8) is 0 Å².